The number of allylic oxidation sites excluding steroid dienone is 1. The minimum absolute atomic E-state index is 0.0941. The molecule has 0 radical (unpaired) electrons. The van der Waals surface area contributed by atoms with Crippen molar-refractivity contribution in [3.8, 4) is 17.1 Å². The highest BCUT2D eigenvalue weighted by Gasteiger charge is 2.31. The third-order valence-corrected chi connectivity index (χ3v) is 7.23. The third kappa shape index (κ3) is 4.91. The summed E-state index contributed by atoms with van der Waals surface area (Å²) in [5, 5.41) is 9.02. The molecule has 11 heteroatoms. The summed E-state index contributed by atoms with van der Waals surface area (Å²) >= 11 is 1.19. The summed E-state index contributed by atoms with van der Waals surface area (Å²) in [5.74, 6) is 1.11. The largest absolute Gasteiger partial charge is 0.497 e. The van der Waals surface area contributed by atoms with Crippen molar-refractivity contribution in [1.82, 2.24) is 4.57 Å². The fraction of sp³-hybridized carbons (Fsp3) is 0.179. The van der Waals surface area contributed by atoms with Crippen LogP contribution in [0.25, 0.3) is 23.1 Å². The van der Waals surface area contributed by atoms with Crippen molar-refractivity contribution in [3.63, 3.8) is 0 Å². The maximum Gasteiger partial charge on any atom is 0.338 e. The Morgan fingerprint density at radius 1 is 1.15 bits per heavy atom. The quantitative estimate of drug-likeness (QED) is 0.275. The Kier molecular flexibility index (Phi) is 6.99. The lowest BCUT2D eigenvalue weighted by Gasteiger charge is -2.22. The number of carbonyl (C=O) groups is 1. The molecule has 4 aromatic rings. The highest BCUT2D eigenvalue weighted by molar-refractivity contribution is 7.07. The molecule has 1 atom stereocenters. The second-order valence-corrected chi connectivity index (χ2v) is 9.59. The molecule has 2 aromatic heterocycles. The molecule has 1 aliphatic rings. The van der Waals surface area contributed by atoms with E-state index in [0.29, 0.717) is 43.4 Å². The molecule has 5 rings (SSSR count). The molecule has 0 fully saturated rings. The lowest BCUT2D eigenvalue weighted by Crippen LogP contribution is -2.35. The van der Waals surface area contributed by atoms with Crippen LogP contribution in [-0.2, 0) is 9.53 Å². The van der Waals surface area contributed by atoms with Crippen LogP contribution in [0.3, 0.4) is 0 Å². The Morgan fingerprint density at radius 3 is 2.51 bits per heavy atom. The van der Waals surface area contributed by atoms with Crippen LogP contribution < -0.4 is 19.6 Å². The van der Waals surface area contributed by atoms with Crippen LogP contribution in [-0.4, -0.2) is 34.4 Å². The van der Waals surface area contributed by atoms with Crippen LogP contribution in [0.4, 0.5) is 5.69 Å². The summed E-state index contributed by atoms with van der Waals surface area (Å²) in [5.41, 5.74) is 1.97. The zero-order valence-corrected chi connectivity index (χ0v) is 22.1. The van der Waals surface area contributed by atoms with E-state index in [0.717, 1.165) is 5.56 Å². The van der Waals surface area contributed by atoms with Crippen LogP contribution in [0, 0.1) is 4.91 Å². The average molecular weight is 547 g/mol. The van der Waals surface area contributed by atoms with Gasteiger partial charge in [-0.1, -0.05) is 23.5 Å². The second kappa shape index (κ2) is 10.5. The molecule has 3 heterocycles. The van der Waals surface area contributed by atoms with Crippen LogP contribution >= 0.6 is 11.3 Å². The van der Waals surface area contributed by atoms with E-state index < -0.39 is 12.0 Å². The van der Waals surface area contributed by atoms with Crippen molar-refractivity contribution in [2.75, 3.05) is 13.7 Å². The van der Waals surface area contributed by atoms with Gasteiger partial charge in [-0.25, -0.2) is 15.0 Å². The SMILES string of the molecule is CCOC(=O)C1=C(C)n2c(s/c(=C\c3ccc(-c4ccc([N+](=O)O)cc4)o3)c2=O)=NC1c1ccc(OC)cc1. The van der Waals surface area contributed by atoms with Gasteiger partial charge in [-0.3, -0.25) is 9.36 Å². The topological polar surface area (TPSA) is 123 Å². The lowest BCUT2D eigenvalue weighted by atomic mass is 9.96. The molecule has 0 saturated carbocycles. The molecule has 10 nitrogen and oxygen atoms in total. The van der Waals surface area contributed by atoms with Gasteiger partial charge in [-0.05, 0) is 55.8 Å². The van der Waals surface area contributed by atoms with E-state index in [4.69, 9.17) is 24.1 Å². The number of carbonyl (C=O) groups excluding carboxylic acids is 1. The van der Waals surface area contributed by atoms with E-state index in [-0.39, 0.29) is 22.8 Å². The number of aromatic nitrogens is 1. The van der Waals surface area contributed by atoms with Crippen LogP contribution in [0.1, 0.15) is 31.2 Å². The molecule has 1 unspecified atom stereocenters. The summed E-state index contributed by atoms with van der Waals surface area (Å²) < 4.78 is 18.3. The first-order chi connectivity index (χ1) is 18.8. The fourth-order valence-corrected chi connectivity index (χ4v) is 5.33. The van der Waals surface area contributed by atoms with E-state index >= 15 is 0 Å². The molecular formula is C28H24N3O7S+. The first-order valence-corrected chi connectivity index (χ1v) is 12.8. The number of hydrogen-bond donors (Lipinski definition) is 1. The molecule has 39 heavy (non-hydrogen) atoms. The molecule has 198 valence electrons. The molecular weight excluding hydrogens is 522 g/mol. The maximum absolute atomic E-state index is 13.4. The van der Waals surface area contributed by atoms with E-state index in [1.807, 2.05) is 12.1 Å². The van der Waals surface area contributed by atoms with Gasteiger partial charge < -0.3 is 13.9 Å². The highest BCUT2D eigenvalue weighted by atomic mass is 32.1. The molecule has 0 saturated heterocycles. The van der Waals surface area contributed by atoms with Gasteiger partial charge >= 0.3 is 11.7 Å². The van der Waals surface area contributed by atoms with Gasteiger partial charge in [0.15, 0.2) is 4.80 Å². The van der Waals surface area contributed by atoms with Gasteiger partial charge in [-0.15, -0.1) is 0 Å². The predicted molar refractivity (Wildman–Crippen MR) is 143 cm³/mol. The van der Waals surface area contributed by atoms with Gasteiger partial charge in [-0.2, -0.15) is 0 Å². The van der Waals surface area contributed by atoms with Gasteiger partial charge in [0.1, 0.15) is 27.8 Å². The van der Waals surface area contributed by atoms with Gasteiger partial charge in [0.25, 0.3) is 10.5 Å². The number of ether oxygens (including phenoxy) is 2. The third-order valence-electron chi connectivity index (χ3n) is 6.24. The zero-order valence-electron chi connectivity index (χ0n) is 21.3. The average Bonchev–Trinajstić information content (AvgIpc) is 3.53. The Bertz CT molecular complexity index is 1780. The number of esters is 1. The smallest absolute Gasteiger partial charge is 0.338 e. The van der Waals surface area contributed by atoms with Crippen molar-refractivity contribution in [1.29, 1.82) is 0 Å². The zero-order chi connectivity index (χ0) is 27.7. The van der Waals surface area contributed by atoms with Crippen LogP contribution in [0.2, 0.25) is 0 Å². The van der Waals surface area contributed by atoms with Crippen molar-refractivity contribution in [3.05, 3.63) is 102 Å². The van der Waals surface area contributed by atoms with Crippen molar-refractivity contribution in [2.45, 2.75) is 19.9 Å². The van der Waals surface area contributed by atoms with Crippen LogP contribution in [0.15, 0.2) is 80.4 Å². The number of furan rings is 1. The molecule has 0 spiro atoms. The van der Waals surface area contributed by atoms with Crippen molar-refractivity contribution < 1.29 is 28.8 Å². The Hall–Kier alpha value is -4.77. The number of benzene rings is 2. The Morgan fingerprint density at radius 2 is 1.87 bits per heavy atom. The van der Waals surface area contributed by atoms with Crippen LogP contribution in [0.5, 0.6) is 5.75 Å². The van der Waals surface area contributed by atoms with E-state index in [1.165, 1.54) is 28.0 Å². The number of fused-ring (bicyclic) bond motifs is 1. The summed E-state index contributed by atoms with van der Waals surface area (Å²) in [6.45, 7) is 3.62. The van der Waals surface area contributed by atoms with Crippen molar-refractivity contribution >= 4 is 34.8 Å². The summed E-state index contributed by atoms with van der Waals surface area (Å²) in [6.07, 6.45) is 1.62. The maximum atomic E-state index is 13.4. The fourth-order valence-electron chi connectivity index (χ4n) is 4.31. The summed E-state index contributed by atoms with van der Waals surface area (Å²) in [7, 11) is 1.58. The predicted octanol–water partition coefficient (Wildman–Crippen LogP) is 3.98. The van der Waals surface area contributed by atoms with E-state index in [1.54, 1.807) is 63.4 Å². The van der Waals surface area contributed by atoms with Crippen molar-refractivity contribution in [2.24, 2.45) is 4.99 Å². The molecule has 1 N–H and O–H groups in total. The number of rotatable bonds is 7. The molecule has 0 bridgehead atoms. The minimum atomic E-state index is -0.650. The number of hydrogen-bond acceptors (Lipinski definition) is 8. The first kappa shape index (κ1) is 25.9. The number of methoxy groups -OCH3 is 1. The molecule has 2 aromatic carbocycles. The van der Waals surface area contributed by atoms with E-state index in [2.05, 4.69) is 0 Å². The van der Waals surface area contributed by atoms with Gasteiger partial charge in [0.2, 0.25) is 0 Å². The Balaban J connectivity index is 1.58. The number of thiazole rings is 1. The molecule has 0 amide bonds. The molecule has 0 aliphatic carbocycles. The highest BCUT2D eigenvalue weighted by Crippen LogP contribution is 2.33. The minimum Gasteiger partial charge on any atom is -0.497 e. The monoisotopic (exact) mass is 546 g/mol. The van der Waals surface area contributed by atoms with Gasteiger partial charge in [0, 0.05) is 29.5 Å². The standard InChI is InChI=1S/C28H24N3O7S/c1-4-37-27(33)24-16(2)30-26(32)23(39-28(30)29-25(24)18-7-11-20(36-3)12-8-18)15-21-13-14-22(38-21)17-5-9-19(10-6-17)31(34)35/h5-15,25H,4H2,1-3H3,(H,34,35)/q+1/b23-15-. The second-order valence-electron chi connectivity index (χ2n) is 8.58. The molecule has 1 aliphatic heterocycles. The normalized spacial score (nSPS) is 15.1. The lowest BCUT2D eigenvalue weighted by molar-refractivity contribution is -0.729. The van der Waals surface area contributed by atoms with Gasteiger partial charge in [0.05, 0.1) is 24.2 Å². The summed E-state index contributed by atoms with van der Waals surface area (Å²) in [4.78, 5) is 42.5. The number of nitrogens with zero attached hydrogens (tertiary/aromatic N) is 3. The first-order valence-electron chi connectivity index (χ1n) is 12.0. The summed E-state index contributed by atoms with van der Waals surface area (Å²) in [6, 6.07) is 16.3. The van der Waals surface area contributed by atoms with E-state index in [9.17, 15) is 14.5 Å². The Labute approximate surface area is 225 Å².